The van der Waals surface area contributed by atoms with Gasteiger partial charge in [0, 0.05) is 26.3 Å². The van der Waals surface area contributed by atoms with Gasteiger partial charge in [0.05, 0.1) is 6.04 Å². The number of nitrogens with one attached hydrogen (secondary N) is 1. The van der Waals surface area contributed by atoms with Gasteiger partial charge in [-0.3, -0.25) is 9.48 Å². The topological polar surface area (TPSA) is 50.2 Å². The van der Waals surface area contributed by atoms with E-state index >= 15 is 0 Å². The van der Waals surface area contributed by atoms with Crippen LogP contribution in [0.1, 0.15) is 34.9 Å². The van der Waals surface area contributed by atoms with Gasteiger partial charge in [-0.2, -0.15) is 5.10 Å². The van der Waals surface area contributed by atoms with Crippen LogP contribution in [0.2, 0.25) is 0 Å². The lowest BCUT2D eigenvalue weighted by Crippen LogP contribution is -2.32. The first-order chi connectivity index (χ1) is 12.0. The van der Waals surface area contributed by atoms with Gasteiger partial charge >= 0.3 is 0 Å². The number of hydrogen-bond acceptors (Lipinski definition) is 3. The second-order valence-electron chi connectivity index (χ2n) is 6.22. The Hall–Kier alpha value is -2.35. The molecule has 1 fully saturated rings. The van der Waals surface area contributed by atoms with Crippen molar-refractivity contribution in [1.29, 1.82) is 0 Å². The van der Waals surface area contributed by atoms with Crippen LogP contribution in [0.25, 0.3) is 0 Å². The molecule has 1 atom stereocenters. The third-order valence-corrected chi connectivity index (χ3v) is 4.28. The normalized spacial score (nSPS) is 17.5. The molecule has 1 saturated heterocycles. The van der Waals surface area contributed by atoms with Crippen molar-refractivity contribution in [3.8, 4) is 0 Å². The Morgan fingerprint density at radius 2 is 2.08 bits per heavy atom. The van der Waals surface area contributed by atoms with E-state index in [0.717, 1.165) is 38.1 Å². The fourth-order valence-electron chi connectivity index (χ4n) is 2.96. The van der Waals surface area contributed by atoms with Crippen molar-refractivity contribution in [2.45, 2.75) is 25.4 Å². The lowest BCUT2D eigenvalue weighted by Gasteiger charge is -2.23. The van der Waals surface area contributed by atoms with Gasteiger partial charge in [-0.25, -0.2) is 13.2 Å². The Morgan fingerprint density at radius 3 is 2.72 bits per heavy atom. The third-order valence-electron chi connectivity index (χ3n) is 4.28. The Balaban J connectivity index is 1.69. The minimum Gasteiger partial charge on any atom is -0.336 e. The van der Waals surface area contributed by atoms with E-state index in [1.165, 1.54) is 11.9 Å². The zero-order chi connectivity index (χ0) is 18.0. The number of rotatable bonds is 4. The Bertz CT molecular complexity index is 748. The second-order valence-corrected chi connectivity index (χ2v) is 6.22. The number of aromatic nitrogens is 2. The molecule has 1 aliphatic heterocycles. The van der Waals surface area contributed by atoms with Crippen LogP contribution >= 0.6 is 0 Å². The lowest BCUT2D eigenvalue weighted by molar-refractivity contribution is 0.0777. The SMILES string of the molecule is CN(Cc1cc(F)c(F)c(F)c1)C(=O)c1ccn(C2CCCNC2)n1. The molecule has 1 N–H and O–H groups in total. The summed E-state index contributed by atoms with van der Waals surface area (Å²) in [7, 11) is 1.50. The maximum atomic E-state index is 13.3. The average Bonchev–Trinajstić information content (AvgIpc) is 3.09. The zero-order valence-electron chi connectivity index (χ0n) is 13.8. The summed E-state index contributed by atoms with van der Waals surface area (Å²) in [6.07, 6.45) is 3.80. The number of piperidine rings is 1. The molecule has 1 unspecified atom stereocenters. The van der Waals surface area contributed by atoms with Crippen molar-refractivity contribution in [2.75, 3.05) is 20.1 Å². The van der Waals surface area contributed by atoms with Gasteiger partial charge in [0.1, 0.15) is 5.69 Å². The van der Waals surface area contributed by atoms with Crippen LogP contribution in [0.3, 0.4) is 0 Å². The van der Waals surface area contributed by atoms with Crippen LogP contribution < -0.4 is 5.32 Å². The first-order valence-electron chi connectivity index (χ1n) is 8.10. The third kappa shape index (κ3) is 3.84. The number of amides is 1. The summed E-state index contributed by atoms with van der Waals surface area (Å²) in [4.78, 5) is 13.7. The summed E-state index contributed by atoms with van der Waals surface area (Å²) in [5.41, 5.74) is 0.430. The Morgan fingerprint density at radius 1 is 1.36 bits per heavy atom. The van der Waals surface area contributed by atoms with Crippen LogP contribution in [0.5, 0.6) is 0 Å². The molecule has 0 spiro atoms. The van der Waals surface area contributed by atoms with E-state index in [2.05, 4.69) is 10.4 Å². The summed E-state index contributed by atoms with van der Waals surface area (Å²) < 4.78 is 41.3. The highest BCUT2D eigenvalue weighted by atomic mass is 19.2. The number of carbonyl (C=O) groups excluding carboxylic acids is 1. The van der Waals surface area contributed by atoms with Crippen LogP contribution in [0, 0.1) is 17.5 Å². The van der Waals surface area contributed by atoms with Crippen molar-refractivity contribution in [3.63, 3.8) is 0 Å². The van der Waals surface area contributed by atoms with E-state index in [0.29, 0.717) is 0 Å². The average molecular weight is 352 g/mol. The molecule has 1 aromatic heterocycles. The molecule has 2 heterocycles. The summed E-state index contributed by atoms with van der Waals surface area (Å²) in [6.45, 7) is 1.74. The van der Waals surface area contributed by atoms with Gasteiger partial charge in [0.2, 0.25) is 0 Å². The Labute approximate surface area is 143 Å². The molecule has 1 aliphatic rings. The van der Waals surface area contributed by atoms with Crippen LogP contribution in [-0.2, 0) is 6.54 Å². The van der Waals surface area contributed by atoms with Crippen molar-refractivity contribution < 1.29 is 18.0 Å². The van der Waals surface area contributed by atoms with Gasteiger partial charge in [-0.15, -0.1) is 0 Å². The largest absolute Gasteiger partial charge is 0.336 e. The van der Waals surface area contributed by atoms with E-state index in [-0.39, 0.29) is 29.8 Å². The molecule has 5 nitrogen and oxygen atoms in total. The molecule has 0 radical (unpaired) electrons. The fourth-order valence-corrected chi connectivity index (χ4v) is 2.96. The maximum absolute atomic E-state index is 13.3. The molecule has 1 aromatic carbocycles. The van der Waals surface area contributed by atoms with Gasteiger partial charge in [0.25, 0.3) is 5.91 Å². The zero-order valence-corrected chi connectivity index (χ0v) is 13.8. The van der Waals surface area contributed by atoms with Crippen molar-refractivity contribution in [2.24, 2.45) is 0 Å². The highest BCUT2D eigenvalue weighted by Gasteiger charge is 2.20. The first kappa shape index (κ1) is 17.5. The predicted molar refractivity (Wildman–Crippen MR) is 85.5 cm³/mol. The maximum Gasteiger partial charge on any atom is 0.274 e. The minimum absolute atomic E-state index is 0.0508. The summed E-state index contributed by atoms with van der Waals surface area (Å²) in [5, 5.41) is 7.61. The number of nitrogens with zero attached hydrogens (tertiary/aromatic N) is 3. The molecule has 0 bridgehead atoms. The highest BCUT2D eigenvalue weighted by Crippen LogP contribution is 2.18. The molecular formula is C17H19F3N4O. The van der Waals surface area contributed by atoms with E-state index in [1.54, 1.807) is 16.9 Å². The highest BCUT2D eigenvalue weighted by molar-refractivity contribution is 5.91. The molecule has 25 heavy (non-hydrogen) atoms. The first-order valence-corrected chi connectivity index (χ1v) is 8.10. The van der Waals surface area contributed by atoms with Crippen molar-refractivity contribution in [3.05, 3.63) is 53.1 Å². The molecule has 0 aliphatic carbocycles. The molecule has 134 valence electrons. The lowest BCUT2D eigenvalue weighted by atomic mass is 10.1. The van der Waals surface area contributed by atoms with E-state index < -0.39 is 17.5 Å². The van der Waals surface area contributed by atoms with Gasteiger partial charge in [0.15, 0.2) is 17.5 Å². The van der Waals surface area contributed by atoms with E-state index in [1.807, 2.05) is 0 Å². The predicted octanol–water partition coefficient (Wildman–Crippen LogP) is 2.50. The van der Waals surface area contributed by atoms with Crippen molar-refractivity contribution >= 4 is 5.91 Å². The molecule has 0 saturated carbocycles. The Kier molecular flexibility index (Phi) is 5.08. The van der Waals surface area contributed by atoms with Gasteiger partial charge in [-0.05, 0) is 43.1 Å². The smallest absolute Gasteiger partial charge is 0.274 e. The van der Waals surface area contributed by atoms with E-state index in [4.69, 9.17) is 0 Å². The van der Waals surface area contributed by atoms with Gasteiger partial charge in [-0.1, -0.05) is 0 Å². The minimum atomic E-state index is -1.52. The van der Waals surface area contributed by atoms with Crippen LogP contribution in [0.4, 0.5) is 13.2 Å². The number of halogens is 3. The quantitative estimate of drug-likeness (QED) is 0.861. The summed E-state index contributed by atoms with van der Waals surface area (Å²) >= 11 is 0. The molecule has 8 heteroatoms. The standard InChI is InChI=1S/C17H19F3N4O/c1-23(10-11-7-13(18)16(20)14(19)8-11)17(25)15-4-6-24(22-15)12-3-2-5-21-9-12/h4,6-8,12,21H,2-3,5,9-10H2,1H3. The summed E-state index contributed by atoms with van der Waals surface area (Å²) in [6, 6.07) is 3.60. The number of hydrogen-bond donors (Lipinski definition) is 1. The van der Waals surface area contributed by atoms with E-state index in [9.17, 15) is 18.0 Å². The van der Waals surface area contributed by atoms with Gasteiger partial charge < -0.3 is 10.2 Å². The summed E-state index contributed by atoms with van der Waals surface area (Å²) in [5.74, 6) is -4.43. The molecule has 3 rings (SSSR count). The number of carbonyl (C=O) groups is 1. The molecule has 1 amide bonds. The van der Waals surface area contributed by atoms with Crippen LogP contribution in [-0.4, -0.2) is 40.7 Å². The molecule has 2 aromatic rings. The fraction of sp³-hybridized carbons (Fsp3) is 0.412. The van der Waals surface area contributed by atoms with Crippen LogP contribution in [0.15, 0.2) is 24.4 Å². The molecular weight excluding hydrogens is 333 g/mol. The second kappa shape index (κ2) is 7.26. The number of benzene rings is 1. The monoisotopic (exact) mass is 352 g/mol. The van der Waals surface area contributed by atoms with Crippen molar-refractivity contribution in [1.82, 2.24) is 20.0 Å².